The van der Waals surface area contributed by atoms with Crippen LogP contribution in [-0.2, 0) is 26.2 Å². The number of nitrogens with zero attached hydrogens (tertiary/aromatic N) is 1. The van der Waals surface area contributed by atoms with Gasteiger partial charge in [0.1, 0.15) is 17.5 Å². The van der Waals surface area contributed by atoms with Crippen molar-refractivity contribution in [2.24, 2.45) is 18.9 Å². The summed E-state index contributed by atoms with van der Waals surface area (Å²) < 4.78 is 12.6. The van der Waals surface area contributed by atoms with Crippen molar-refractivity contribution in [1.82, 2.24) is 25.5 Å². The monoisotopic (exact) mass is 621 g/mol. The van der Waals surface area contributed by atoms with Gasteiger partial charge in [0.15, 0.2) is 12.4 Å². The topological polar surface area (TPSA) is 161 Å². The van der Waals surface area contributed by atoms with Crippen LogP contribution in [0.4, 0.5) is 0 Å². The number of hydrogen-bond donors (Lipinski definition) is 4. The van der Waals surface area contributed by atoms with Crippen LogP contribution < -0.4 is 20.7 Å². The molecule has 45 heavy (non-hydrogen) atoms. The van der Waals surface area contributed by atoms with E-state index in [1.165, 1.54) is 0 Å². The van der Waals surface area contributed by atoms with Crippen molar-refractivity contribution in [3.05, 3.63) is 53.0 Å². The fraction of sp³-hybridized carbons (Fsp3) is 0.485. The number of piperidine rings is 1. The predicted molar refractivity (Wildman–Crippen MR) is 168 cm³/mol. The Kier molecular flexibility index (Phi) is 10.7. The molecular weight excluding hydrogens is 578 g/mol. The number of ketones is 1. The van der Waals surface area contributed by atoms with Crippen LogP contribution >= 0.6 is 0 Å². The van der Waals surface area contributed by atoms with Gasteiger partial charge in [-0.2, -0.15) is 0 Å². The maximum absolute atomic E-state index is 13.7. The quantitative estimate of drug-likeness (QED) is 0.213. The lowest BCUT2D eigenvalue weighted by Gasteiger charge is -2.28. The van der Waals surface area contributed by atoms with Gasteiger partial charge in [0, 0.05) is 42.3 Å². The molecule has 12 nitrogen and oxygen atoms in total. The number of carbonyl (C=O) groups excluding carboxylic acids is 5. The molecule has 0 spiro atoms. The van der Waals surface area contributed by atoms with Gasteiger partial charge in [-0.15, -0.1) is 0 Å². The molecule has 1 fully saturated rings. The summed E-state index contributed by atoms with van der Waals surface area (Å²) in [5.41, 5.74) is 2.76. The van der Waals surface area contributed by atoms with Crippen molar-refractivity contribution in [3.8, 4) is 5.75 Å². The highest BCUT2D eigenvalue weighted by Gasteiger charge is 2.33. The molecular formula is C33H43N5O7. The number of aromatic amines is 1. The third-order valence-electron chi connectivity index (χ3n) is 8.26. The lowest BCUT2D eigenvalue weighted by atomic mass is 9.90. The number of aromatic nitrogens is 2. The second-order valence-electron chi connectivity index (χ2n) is 12.1. The molecule has 0 radical (unpaired) electrons. The summed E-state index contributed by atoms with van der Waals surface area (Å²) in [5.74, 6) is -2.31. The molecule has 4 N–H and O–H groups in total. The molecule has 3 aromatic rings. The standard InChI is InChI=1S/C33H43N5O7/c1-18(2)13-25(37-32(42)26-15-22-23(35-26)10-7-11-28(22)44-6)31(41)36-24(14-21-9-8-12-34-30(21)40)27(39)17-45-33(43)29-19(3)16-38(5)20(29)4/h7,10-11,15-16,18,21,24-25,35H,8-9,12-14,17H2,1-6H3,(H,34,40)(H,36,41)(H,37,42)/t21-,24-,25-/m0/s1. The Bertz CT molecular complexity index is 1590. The Hall–Kier alpha value is -4.61. The van der Waals surface area contributed by atoms with Crippen molar-refractivity contribution in [2.45, 2.75) is 65.5 Å². The van der Waals surface area contributed by atoms with Crippen LogP contribution in [0.5, 0.6) is 5.75 Å². The molecule has 3 atom stereocenters. The Balaban J connectivity index is 1.51. The summed E-state index contributed by atoms with van der Waals surface area (Å²) in [5, 5.41) is 9.11. The number of hydrogen-bond acceptors (Lipinski definition) is 7. The van der Waals surface area contributed by atoms with Gasteiger partial charge in [0.05, 0.1) is 18.7 Å². The second-order valence-corrected chi connectivity index (χ2v) is 12.1. The van der Waals surface area contributed by atoms with E-state index in [9.17, 15) is 24.0 Å². The molecule has 4 rings (SSSR count). The number of amides is 3. The number of carbonyl (C=O) groups is 5. The summed E-state index contributed by atoms with van der Waals surface area (Å²) in [6.07, 6.45) is 3.45. The number of Topliss-reactive ketones (excluding diaryl/α,β-unsaturated/α-hetero) is 1. The van der Waals surface area contributed by atoms with Crippen LogP contribution in [0.15, 0.2) is 30.5 Å². The second kappa shape index (κ2) is 14.4. The van der Waals surface area contributed by atoms with Gasteiger partial charge in [-0.05, 0) is 69.2 Å². The Labute approximate surface area is 262 Å². The molecule has 0 aliphatic carbocycles. The minimum Gasteiger partial charge on any atom is -0.496 e. The van der Waals surface area contributed by atoms with Gasteiger partial charge in [-0.3, -0.25) is 19.2 Å². The molecule has 1 aliphatic rings. The predicted octanol–water partition coefficient (Wildman–Crippen LogP) is 3.10. The van der Waals surface area contributed by atoms with E-state index in [0.29, 0.717) is 41.9 Å². The summed E-state index contributed by atoms with van der Waals surface area (Å²) in [6.45, 7) is 7.38. The molecule has 1 aromatic carbocycles. The van der Waals surface area contributed by atoms with E-state index >= 15 is 0 Å². The summed E-state index contributed by atoms with van der Waals surface area (Å²) in [7, 11) is 3.36. The average Bonchev–Trinajstić information content (AvgIpc) is 3.55. The number of rotatable bonds is 13. The molecule has 242 valence electrons. The van der Waals surface area contributed by atoms with Crippen LogP contribution in [0.25, 0.3) is 10.9 Å². The minimum absolute atomic E-state index is 0.0282. The molecule has 3 heterocycles. The van der Waals surface area contributed by atoms with Crippen molar-refractivity contribution in [1.29, 1.82) is 0 Å². The Morgan fingerprint density at radius 3 is 2.51 bits per heavy atom. The van der Waals surface area contributed by atoms with Crippen LogP contribution in [0, 0.1) is 25.7 Å². The van der Waals surface area contributed by atoms with Crippen LogP contribution in [-0.4, -0.2) is 71.4 Å². The zero-order valence-corrected chi connectivity index (χ0v) is 26.7. The van der Waals surface area contributed by atoms with Crippen molar-refractivity contribution >= 4 is 40.4 Å². The van der Waals surface area contributed by atoms with Crippen LogP contribution in [0.1, 0.15) is 71.6 Å². The van der Waals surface area contributed by atoms with Gasteiger partial charge in [-0.1, -0.05) is 19.9 Å². The zero-order chi connectivity index (χ0) is 32.8. The van der Waals surface area contributed by atoms with Crippen molar-refractivity contribution in [2.75, 3.05) is 20.3 Å². The van der Waals surface area contributed by atoms with Gasteiger partial charge < -0.3 is 35.0 Å². The van der Waals surface area contributed by atoms with E-state index in [0.717, 1.165) is 17.4 Å². The Morgan fingerprint density at radius 2 is 1.87 bits per heavy atom. The van der Waals surface area contributed by atoms with E-state index in [2.05, 4.69) is 20.9 Å². The summed E-state index contributed by atoms with van der Waals surface area (Å²) in [4.78, 5) is 69.0. The highest BCUT2D eigenvalue weighted by molar-refractivity contribution is 6.02. The third-order valence-corrected chi connectivity index (χ3v) is 8.26. The van der Waals surface area contributed by atoms with E-state index in [-0.39, 0.29) is 23.9 Å². The fourth-order valence-electron chi connectivity index (χ4n) is 5.79. The summed E-state index contributed by atoms with van der Waals surface area (Å²) in [6, 6.07) is 4.98. The SMILES string of the molecule is COc1cccc2[nH]c(C(=O)N[C@@H](CC(C)C)C(=O)N[C@@H](C[C@@H]3CCCNC3=O)C(=O)COC(=O)c3c(C)cn(C)c3C)cc12. The normalized spacial score (nSPS) is 16.2. The molecule has 0 bridgehead atoms. The maximum Gasteiger partial charge on any atom is 0.340 e. The van der Waals surface area contributed by atoms with E-state index < -0.39 is 48.2 Å². The lowest BCUT2D eigenvalue weighted by molar-refractivity contribution is -0.133. The first kappa shape index (κ1) is 33.3. The molecule has 0 unspecified atom stereocenters. The Morgan fingerprint density at radius 1 is 1.11 bits per heavy atom. The number of esters is 1. The van der Waals surface area contributed by atoms with Crippen LogP contribution in [0.3, 0.4) is 0 Å². The zero-order valence-electron chi connectivity index (χ0n) is 26.7. The molecule has 12 heteroatoms. The van der Waals surface area contributed by atoms with Gasteiger partial charge >= 0.3 is 5.97 Å². The van der Waals surface area contributed by atoms with E-state index in [1.54, 1.807) is 49.9 Å². The number of benzene rings is 1. The number of methoxy groups -OCH3 is 1. The molecule has 0 saturated carbocycles. The van der Waals surface area contributed by atoms with E-state index in [4.69, 9.17) is 9.47 Å². The molecule has 1 saturated heterocycles. The first-order valence-electron chi connectivity index (χ1n) is 15.3. The molecule has 2 aromatic heterocycles. The van der Waals surface area contributed by atoms with Crippen molar-refractivity contribution in [3.63, 3.8) is 0 Å². The number of ether oxygens (including phenoxy) is 2. The maximum atomic E-state index is 13.7. The highest BCUT2D eigenvalue weighted by Crippen LogP contribution is 2.26. The van der Waals surface area contributed by atoms with Gasteiger partial charge in [-0.25, -0.2) is 4.79 Å². The largest absolute Gasteiger partial charge is 0.496 e. The van der Waals surface area contributed by atoms with E-state index in [1.807, 2.05) is 27.0 Å². The van der Waals surface area contributed by atoms with Crippen LogP contribution in [0.2, 0.25) is 0 Å². The fourth-order valence-corrected chi connectivity index (χ4v) is 5.79. The lowest BCUT2D eigenvalue weighted by Crippen LogP contribution is -2.54. The molecule has 3 amide bonds. The average molecular weight is 622 g/mol. The smallest absolute Gasteiger partial charge is 0.340 e. The first-order valence-corrected chi connectivity index (χ1v) is 15.3. The van der Waals surface area contributed by atoms with Crippen molar-refractivity contribution < 1.29 is 33.4 Å². The minimum atomic E-state index is -1.11. The van der Waals surface area contributed by atoms with Gasteiger partial charge in [0.25, 0.3) is 5.91 Å². The first-order chi connectivity index (χ1) is 21.4. The highest BCUT2D eigenvalue weighted by atomic mass is 16.5. The third kappa shape index (κ3) is 7.92. The number of aryl methyl sites for hydroxylation is 2. The number of H-pyrrole nitrogens is 1. The number of nitrogens with one attached hydrogen (secondary N) is 4. The molecule has 1 aliphatic heterocycles. The number of fused-ring (bicyclic) bond motifs is 1. The summed E-state index contributed by atoms with van der Waals surface area (Å²) >= 11 is 0. The van der Waals surface area contributed by atoms with Gasteiger partial charge in [0.2, 0.25) is 11.8 Å².